The number of imidazole rings is 1. The summed E-state index contributed by atoms with van der Waals surface area (Å²) in [5, 5.41) is 2.79. The van der Waals surface area contributed by atoms with Crippen molar-refractivity contribution in [2.45, 2.75) is 6.42 Å². The number of carbonyl (C=O) groups is 1. The molecule has 0 aliphatic rings. The van der Waals surface area contributed by atoms with Crippen molar-refractivity contribution in [2.75, 3.05) is 27.2 Å². The summed E-state index contributed by atoms with van der Waals surface area (Å²) < 4.78 is 6.25. The van der Waals surface area contributed by atoms with Crippen molar-refractivity contribution >= 4 is 13.6 Å². The summed E-state index contributed by atoms with van der Waals surface area (Å²) in [4.78, 5) is 17.2. The minimum atomic E-state index is -0.157. The number of hydrogen-bond acceptors (Lipinski definition) is 4. The Hall–Kier alpha value is -1.34. The fourth-order valence-electron chi connectivity index (χ4n) is 1.23. The second-order valence-corrected chi connectivity index (χ2v) is 3.38. The van der Waals surface area contributed by atoms with E-state index in [0.717, 1.165) is 13.0 Å². The van der Waals surface area contributed by atoms with E-state index in [1.807, 2.05) is 11.9 Å². The lowest BCUT2D eigenvalue weighted by Crippen LogP contribution is -2.32. The molecule has 0 aliphatic carbocycles. The first-order chi connectivity index (χ1) is 7.74. The molecule has 0 atom stereocenters. The molecule has 0 unspecified atom stereocenters. The van der Waals surface area contributed by atoms with Gasteiger partial charge in [-0.2, -0.15) is 0 Å². The Labute approximate surface area is 95.9 Å². The Kier molecular flexibility index (Phi) is 5.59. The monoisotopic (exact) mass is 223 g/mol. The first kappa shape index (κ1) is 12.7. The second kappa shape index (κ2) is 7.02. The van der Waals surface area contributed by atoms with Gasteiger partial charge in [0.25, 0.3) is 0 Å². The highest BCUT2D eigenvalue weighted by Crippen LogP contribution is 1.87. The van der Waals surface area contributed by atoms with Gasteiger partial charge in [0.1, 0.15) is 6.33 Å². The van der Waals surface area contributed by atoms with Gasteiger partial charge >= 0.3 is 13.6 Å². The molecule has 1 heterocycles. The van der Waals surface area contributed by atoms with Crippen LogP contribution in [0.4, 0.5) is 4.79 Å². The quantitative estimate of drug-likeness (QED) is 0.542. The fraction of sp³-hybridized carbons (Fsp3) is 0.556. The van der Waals surface area contributed by atoms with Crippen LogP contribution < -0.4 is 5.32 Å². The van der Waals surface area contributed by atoms with Crippen molar-refractivity contribution in [3.63, 3.8) is 0 Å². The minimum absolute atomic E-state index is 0.157. The number of nitrogens with one attached hydrogen (secondary N) is 1. The zero-order valence-electron chi connectivity index (χ0n) is 9.59. The van der Waals surface area contributed by atoms with Crippen LogP contribution in [0.15, 0.2) is 18.7 Å². The van der Waals surface area contributed by atoms with E-state index in [-0.39, 0.29) is 6.03 Å². The number of aromatic nitrogens is 2. The minimum Gasteiger partial charge on any atom is -0.427 e. The highest BCUT2D eigenvalue weighted by Gasteiger charge is 2.03. The molecule has 0 bridgehead atoms. The first-order valence-corrected chi connectivity index (χ1v) is 5.06. The molecule has 0 fully saturated rings. The van der Waals surface area contributed by atoms with Gasteiger partial charge in [-0.05, 0) is 20.0 Å². The maximum absolute atomic E-state index is 11.4. The SMILES string of the molecule is CO[B]N(C)CCCNC(=O)n1ccnc1. The first-order valence-electron chi connectivity index (χ1n) is 5.06. The number of hydrogen-bond donors (Lipinski definition) is 1. The van der Waals surface area contributed by atoms with Crippen molar-refractivity contribution in [2.24, 2.45) is 0 Å². The van der Waals surface area contributed by atoms with Crippen molar-refractivity contribution in [3.05, 3.63) is 18.7 Å². The molecule has 1 radical (unpaired) electrons. The molecule has 0 saturated carbocycles. The van der Waals surface area contributed by atoms with E-state index in [2.05, 4.69) is 10.3 Å². The van der Waals surface area contributed by atoms with E-state index in [9.17, 15) is 4.79 Å². The molecule has 1 N–H and O–H groups in total. The molecule has 0 spiro atoms. The number of rotatable bonds is 6. The van der Waals surface area contributed by atoms with E-state index >= 15 is 0 Å². The third kappa shape index (κ3) is 4.46. The summed E-state index contributed by atoms with van der Waals surface area (Å²) in [6.07, 6.45) is 5.51. The molecule has 87 valence electrons. The van der Waals surface area contributed by atoms with Crippen LogP contribution in [-0.2, 0) is 4.65 Å². The number of nitrogens with zero attached hydrogens (tertiary/aromatic N) is 3. The predicted molar refractivity (Wildman–Crippen MR) is 61.0 cm³/mol. The van der Waals surface area contributed by atoms with Crippen molar-refractivity contribution in [1.29, 1.82) is 0 Å². The molecular formula is C9H16BN4O2. The Morgan fingerprint density at radius 2 is 2.50 bits per heavy atom. The molecule has 0 aromatic carbocycles. The Morgan fingerprint density at radius 1 is 1.69 bits per heavy atom. The molecule has 0 saturated heterocycles. The van der Waals surface area contributed by atoms with Crippen molar-refractivity contribution < 1.29 is 9.45 Å². The van der Waals surface area contributed by atoms with Gasteiger partial charge in [-0.15, -0.1) is 0 Å². The Morgan fingerprint density at radius 3 is 3.12 bits per heavy atom. The second-order valence-electron chi connectivity index (χ2n) is 3.38. The molecule has 1 aromatic heterocycles. The maximum atomic E-state index is 11.4. The third-order valence-corrected chi connectivity index (χ3v) is 1.99. The highest BCUT2D eigenvalue weighted by atomic mass is 16.4. The lowest BCUT2D eigenvalue weighted by molar-refractivity contribution is 0.242. The zero-order valence-corrected chi connectivity index (χ0v) is 9.59. The topological polar surface area (TPSA) is 59.4 Å². The predicted octanol–water partition coefficient (Wildman–Crippen LogP) is -0.0567. The average Bonchev–Trinajstić information content (AvgIpc) is 2.78. The molecule has 0 aliphatic heterocycles. The van der Waals surface area contributed by atoms with Crippen LogP contribution in [0.25, 0.3) is 0 Å². The van der Waals surface area contributed by atoms with Crippen molar-refractivity contribution in [1.82, 2.24) is 19.7 Å². The molecule has 6 nitrogen and oxygen atoms in total. The van der Waals surface area contributed by atoms with Gasteiger partial charge in [-0.3, -0.25) is 4.57 Å². The van der Waals surface area contributed by atoms with Crippen LogP contribution in [-0.4, -0.2) is 55.3 Å². The van der Waals surface area contributed by atoms with Crippen LogP contribution in [0.2, 0.25) is 0 Å². The van der Waals surface area contributed by atoms with Gasteiger partial charge < -0.3 is 14.8 Å². The third-order valence-electron chi connectivity index (χ3n) is 1.99. The van der Waals surface area contributed by atoms with E-state index in [4.69, 9.17) is 4.65 Å². The van der Waals surface area contributed by atoms with Crippen molar-refractivity contribution in [3.8, 4) is 0 Å². The molecule has 1 aromatic rings. The van der Waals surface area contributed by atoms with E-state index in [1.54, 1.807) is 27.1 Å². The standard InChI is InChI=1S/C9H16BN4O2/c1-13(10-16-2)6-3-4-12-9(15)14-7-5-11-8-14/h5,7-8H,3-4,6H2,1-2H3,(H,12,15). The van der Waals surface area contributed by atoms with Crippen LogP contribution in [0, 0.1) is 0 Å². The van der Waals surface area contributed by atoms with E-state index in [1.165, 1.54) is 10.9 Å². The summed E-state index contributed by atoms with van der Waals surface area (Å²) in [5.41, 5.74) is 0. The average molecular weight is 223 g/mol. The molecule has 16 heavy (non-hydrogen) atoms. The van der Waals surface area contributed by atoms with Crippen LogP contribution in [0.5, 0.6) is 0 Å². The summed E-state index contributed by atoms with van der Waals surface area (Å²) in [6, 6.07) is -0.157. The number of carbonyl (C=O) groups excluding carboxylic acids is 1. The Bertz CT molecular complexity index is 304. The van der Waals surface area contributed by atoms with Gasteiger partial charge in [0, 0.05) is 26.0 Å². The van der Waals surface area contributed by atoms with Crippen LogP contribution >= 0.6 is 0 Å². The summed E-state index contributed by atoms with van der Waals surface area (Å²) in [6.45, 7) is 1.46. The van der Waals surface area contributed by atoms with Gasteiger partial charge in [-0.25, -0.2) is 9.78 Å². The largest absolute Gasteiger partial charge is 0.427 e. The van der Waals surface area contributed by atoms with Gasteiger partial charge in [0.05, 0.1) is 0 Å². The van der Waals surface area contributed by atoms with E-state index < -0.39 is 0 Å². The summed E-state index contributed by atoms with van der Waals surface area (Å²) in [7, 11) is 5.16. The van der Waals surface area contributed by atoms with Gasteiger partial charge in [0.15, 0.2) is 0 Å². The zero-order chi connectivity index (χ0) is 11.8. The Balaban J connectivity index is 2.09. The van der Waals surface area contributed by atoms with Gasteiger partial charge in [0.2, 0.25) is 0 Å². The maximum Gasteiger partial charge on any atom is 0.398 e. The summed E-state index contributed by atoms with van der Waals surface area (Å²) in [5.74, 6) is 0. The smallest absolute Gasteiger partial charge is 0.398 e. The molecule has 1 amide bonds. The lowest BCUT2D eigenvalue weighted by atomic mass is 10.2. The molecule has 1 rings (SSSR count). The van der Waals surface area contributed by atoms with Crippen LogP contribution in [0.3, 0.4) is 0 Å². The lowest BCUT2D eigenvalue weighted by Gasteiger charge is -2.13. The highest BCUT2D eigenvalue weighted by molar-refractivity contribution is 6.23. The molecule has 7 heteroatoms. The molecular weight excluding hydrogens is 207 g/mol. The number of amides is 1. The van der Waals surface area contributed by atoms with Gasteiger partial charge in [-0.1, -0.05) is 0 Å². The fourth-order valence-corrected chi connectivity index (χ4v) is 1.23. The summed E-state index contributed by atoms with van der Waals surface area (Å²) >= 11 is 0. The normalized spacial score (nSPS) is 10.4. The van der Waals surface area contributed by atoms with E-state index in [0.29, 0.717) is 6.54 Å². The van der Waals surface area contributed by atoms with Crippen LogP contribution in [0.1, 0.15) is 6.42 Å².